The molecule has 0 radical (unpaired) electrons. The van der Waals surface area contributed by atoms with Gasteiger partial charge in [0.1, 0.15) is 5.60 Å². The molecule has 1 unspecified atom stereocenters. The van der Waals surface area contributed by atoms with Gasteiger partial charge in [-0.1, -0.05) is 68.0 Å². The van der Waals surface area contributed by atoms with Crippen LogP contribution in [0.4, 0.5) is 0 Å². The Morgan fingerprint density at radius 1 is 0.925 bits per heavy atom. The number of nitrogens with zero attached hydrogens (tertiary/aromatic N) is 1. The minimum Gasteiger partial charge on any atom is -0.364 e. The van der Waals surface area contributed by atoms with Gasteiger partial charge in [-0.2, -0.15) is 0 Å². The van der Waals surface area contributed by atoms with E-state index in [9.17, 15) is 14.4 Å². The smallest absolute Gasteiger partial charge is 0.253 e. The molecule has 0 fully saturated rings. The zero-order chi connectivity index (χ0) is 29.5. The van der Waals surface area contributed by atoms with Crippen LogP contribution in [0.25, 0.3) is 0 Å². The number of methoxy groups -OCH3 is 1. The van der Waals surface area contributed by atoms with Crippen molar-refractivity contribution in [3.8, 4) is 0 Å². The van der Waals surface area contributed by atoms with Crippen molar-refractivity contribution in [1.82, 2.24) is 15.7 Å². The molecule has 8 heteroatoms. The number of carbonyl (C=O) groups excluding carboxylic acids is 3. The Bertz CT molecular complexity index is 1200. The van der Waals surface area contributed by atoms with Gasteiger partial charge in [0.25, 0.3) is 11.8 Å². The topological polar surface area (TPSA) is 108 Å². The van der Waals surface area contributed by atoms with Crippen LogP contribution in [0.3, 0.4) is 0 Å². The number of amides is 3. The van der Waals surface area contributed by atoms with Crippen LogP contribution in [0.15, 0.2) is 85.0 Å². The summed E-state index contributed by atoms with van der Waals surface area (Å²) in [4.78, 5) is 37.7. The third-order valence-electron chi connectivity index (χ3n) is 6.60. The highest BCUT2D eigenvalue weighted by atomic mass is 16.5. The molecule has 2 rings (SSSR count). The normalized spacial score (nSPS) is 12.7. The first-order valence-corrected chi connectivity index (χ1v) is 13.4. The molecular formula is C32H41N3O5. The number of unbranched alkanes of at least 4 members (excludes halogenated alkanes) is 3. The van der Waals surface area contributed by atoms with Gasteiger partial charge in [0, 0.05) is 45.3 Å². The predicted octanol–water partition coefficient (Wildman–Crippen LogP) is 5.15. The van der Waals surface area contributed by atoms with Gasteiger partial charge in [0.05, 0.1) is 0 Å². The van der Waals surface area contributed by atoms with Gasteiger partial charge >= 0.3 is 0 Å². The third kappa shape index (κ3) is 8.49. The lowest BCUT2D eigenvalue weighted by atomic mass is 9.79. The number of carbonyl (C=O) groups is 3. The van der Waals surface area contributed by atoms with Gasteiger partial charge < -0.3 is 15.0 Å². The fourth-order valence-electron chi connectivity index (χ4n) is 4.39. The van der Waals surface area contributed by atoms with E-state index in [4.69, 9.17) is 9.94 Å². The van der Waals surface area contributed by atoms with Crippen molar-refractivity contribution in [1.29, 1.82) is 0 Å². The van der Waals surface area contributed by atoms with Crippen LogP contribution in [-0.2, 0) is 15.1 Å². The van der Waals surface area contributed by atoms with E-state index in [0.29, 0.717) is 29.7 Å². The molecule has 0 bridgehead atoms. The van der Waals surface area contributed by atoms with Crippen molar-refractivity contribution in [2.24, 2.45) is 0 Å². The molecule has 3 amide bonds. The Balaban J connectivity index is 2.22. The number of benzene rings is 2. The maximum absolute atomic E-state index is 12.7. The van der Waals surface area contributed by atoms with E-state index in [1.165, 1.54) is 4.90 Å². The van der Waals surface area contributed by atoms with Crippen molar-refractivity contribution in [3.63, 3.8) is 0 Å². The molecule has 0 aliphatic rings. The first-order valence-electron chi connectivity index (χ1n) is 13.4. The van der Waals surface area contributed by atoms with Gasteiger partial charge in [0.15, 0.2) is 0 Å². The molecule has 0 aliphatic heterocycles. The first-order chi connectivity index (χ1) is 19.2. The number of ether oxygens (including phenoxy) is 1. The fourth-order valence-corrected chi connectivity index (χ4v) is 4.39. The van der Waals surface area contributed by atoms with Gasteiger partial charge in [-0.3, -0.25) is 19.6 Å². The lowest BCUT2D eigenvalue weighted by Crippen LogP contribution is -2.32. The Morgan fingerprint density at radius 3 is 2.02 bits per heavy atom. The highest BCUT2D eigenvalue weighted by Crippen LogP contribution is 2.40. The van der Waals surface area contributed by atoms with Crippen LogP contribution < -0.4 is 10.8 Å². The minimum absolute atomic E-state index is 0.0918. The highest BCUT2D eigenvalue weighted by molar-refractivity contribution is 5.94. The zero-order valence-electron chi connectivity index (χ0n) is 23.9. The Hall–Kier alpha value is -4.01. The average Bonchev–Trinajstić information content (AvgIpc) is 2.97. The molecule has 8 nitrogen and oxygen atoms in total. The number of hydroxylamine groups is 1. The van der Waals surface area contributed by atoms with Crippen LogP contribution in [0.5, 0.6) is 0 Å². The number of hydrogen-bond acceptors (Lipinski definition) is 5. The molecule has 0 spiro atoms. The lowest BCUT2D eigenvalue weighted by molar-refractivity contribution is -0.129. The summed E-state index contributed by atoms with van der Waals surface area (Å²) in [5.74, 6) is -0.651. The lowest BCUT2D eigenvalue weighted by Gasteiger charge is -2.35. The second-order valence-corrected chi connectivity index (χ2v) is 9.60. The molecule has 1 atom stereocenters. The molecule has 2 aromatic rings. The monoisotopic (exact) mass is 547 g/mol. The van der Waals surface area contributed by atoms with Crippen LogP contribution in [0, 0.1) is 0 Å². The summed E-state index contributed by atoms with van der Waals surface area (Å²) in [6, 6.07) is 14.5. The summed E-state index contributed by atoms with van der Waals surface area (Å²) in [5.41, 5.74) is 3.95. The summed E-state index contributed by atoms with van der Waals surface area (Å²) in [5, 5.41) is 11.5. The largest absolute Gasteiger partial charge is 0.364 e. The van der Waals surface area contributed by atoms with E-state index < -0.39 is 5.60 Å². The molecule has 0 saturated heterocycles. The fraction of sp³-hybridized carbons (Fsp3) is 0.344. The van der Waals surface area contributed by atoms with Crippen LogP contribution in [0.2, 0.25) is 0 Å². The summed E-state index contributed by atoms with van der Waals surface area (Å²) in [6.45, 7) is 6.77. The summed E-state index contributed by atoms with van der Waals surface area (Å²) >= 11 is 0. The summed E-state index contributed by atoms with van der Waals surface area (Å²) < 4.78 is 6.17. The molecular weight excluding hydrogens is 506 g/mol. The van der Waals surface area contributed by atoms with Gasteiger partial charge in [-0.25, -0.2) is 5.48 Å². The maximum Gasteiger partial charge on any atom is 0.253 e. The summed E-state index contributed by atoms with van der Waals surface area (Å²) in [7, 11) is 5.04. The van der Waals surface area contributed by atoms with Crippen molar-refractivity contribution in [2.75, 3.05) is 27.7 Å². The average molecular weight is 548 g/mol. The Kier molecular flexibility index (Phi) is 13.0. The molecule has 0 heterocycles. The Labute approximate surface area is 237 Å². The SMILES string of the molecule is C=C(/C=C\C=C/C)C(OC)(c1ccc(C(=O)NCCCCCCC(=O)NO)cc1)c1ccc(C(=O)N(C)C)cc1. The van der Waals surface area contributed by atoms with Gasteiger partial charge in [0.2, 0.25) is 5.91 Å². The molecule has 2 aromatic carbocycles. The zero-order valence-corrected chi connectivity index (χ0v) is 23.9. The molecule has 214 valence electrons. The van der Waals surface area contributed by atoms with Crippen molar-refractivity contribution in [2.45, 2.75) is 44.6 Å². The second kappa shape index (κ2) is 16.2. The highest BCUT2D eigenvalue weighted by Gasteiger charge is 2.36. The third-order valence-corrected chi connectivity index (χ3v) is 6.60. The predicted molar refractivity (Wildman–Crippen MR) is 157 cm³/mol. The van der Waals surface area contributed by atoms with Crippen LogP contribution in [0.1, 0.15) is 70.9 Å². The van der Waals surface area contributed by atoms with Crippen molar-refractivity contribution < 1.29 is 24.3 Å². The second-order valence-electron chi connectivity index (χ2n) is 9.60. The molecule has 0 aromatic heterocycles. The molecule has 0 aliphatic carbocycles. The van der Waals surface area contributed by atoms with E-state index >= 15 is 0 Å². The van der Waals surface area contributed by atoms with E-state index in [-0.39, 0.29) is 24.1 Å². The maximum atomic E-state index is 12.7. The van der Waals surface area contributed by atoms with Crippen molar-refractivity contribution in [3.05, 3.63) is 107 Å². The van der Waals surface area contributed by atoms with Crippen LogP contribution >= 0.6 is 0 Å². The summed E-state index contributed by atoms with van der Waals surface area (Å²) in [6.07, 6.45) is 11.1. The first kappa shape index (κ1) is 32.2. The molecule has 3 N–H and O–H groups in total. The van der Waals surface area contributed by atoms with Crippen molar-refractivity contribution >= 4 is 17.7 Å². The quantitative estimate of drug-likeness (QED) is 0.124. The van der Waals surface area contributed by atoms with Crippen LogP contribution in [-0.4, -0.2) is 55.6 Å². The van der Waals surface area contributed by atoms with E-state index in [1.54, 1.807) is 51.0 Å². The number of rotatable bonds is 15. The Morgan fingerprint density at radius 2 is 1.50 bits per heavy atom. The van der Waals surface area contributed by atoms with E-state index in [0.717, 1.165) is 30.4 Å². The van der Waals surface area contributed by atoms with Gasteiger partial charge in [-0.15, -0.1) is 0 Å². The molecule has 0 saturated carbocycles. The number of allylic oxidation sites excluding steroid dienone is 3. The van der Waals surface area contributed by atoms with E-state index in [2.05, 4.69) is 11.9 Å². The van der Waals surface area contributed by atoms with Gasteiger partial charge in [-0.05, 0) is 60.7 Å². The standard InChI is InChI=1S/C32H41N3O5/c1-6-7-10-13-24(2)32(40-5,28-21-17-26(18-22-28)31(38)35(3)4)27-19-15-25(16-20-27)30(37)33-23-12-9-8-11-14-29(36)34-39/h6-7,10,13,15-22,39H,2,8-9,11-12,14,23H2,1,3-5H3,(H,33,37)(H,34,36)/b7-6-,13-10-. The number of nitrogens with one attached hydrogen (secondary N) is 2. The van der Waals surface area contributed by atoms with E-state index in [1.807, 2.05) is 55.5 Å². The molecule has 40 heavy (non-hydrogen) atoms. The number of hydrogen-bond donors (Lipinski definition) is 3. The minimum atomic E-state index is -1.04.